The Morgan fingerprint density at radius 3 is 2.37 bits per heavy atom. The van der Waals surface area contributed by atoms with Gasteiger partial charge in [0.25, 0.3) is 5.91 Å². The summed E-state index contributed by atoms with van der Waals surface area (Å²) in [5.41, 5.74) is 2.22. The van der Waals surface area contributed by atoms with Crippen molar-refractivity contribution in [1.29, 1.82) is 0 Å². The van der Waals surface area contributed by atoms with Crippen molar-refractivity contribution in [3.63, 3.8) is 0 Å². The number of carbonyl (C=O) groups is 3. The Bertz CT molecular complexity index is 1530. The Balaban J connectivity index is 1.73. The molecular weight excluding hydrogens is 502 g/mol. The number of carbonyl (C=O) groups excluding carboxylic acids is 3. The summed E-state index contributed by atoms with van der Waals surface area (Å²) in [6, 6.07) is 4.54. The van der Waals surface area contributed by atoms with Gasteiger partial charge in [-0.1, -0.05) is 6.07 Å². The molecule has 198 valence electrons. The molecule has 0 saturated carbocycles. The van der Waals surface area contributed by atoms with Gasteiger partial charge in [-0.25, -0.2) is 8.78 Å². The molecule has 3 atom stereocenters. The van der Waals surface area contributed by atoms with E-state index in [9.17, 15) is 43.6 Å². The molecule has 11 heteroatoms. The summed E-state index contributed by atoms with van der Waals surface area (Å²) in [7, 11) is 3.39. The molecule has 9 nitrogen and oxygen atoms in total. The molecule has 3 aliphatic rings. The highest BCUT2D eigenvalue weighted by Gasteiger charge is 2.59. The number of aliphatic hydroxyl groups excluding tert-OH is 2. The Hall–Kier alpha value is -4.25. The zero-order chi connectivity index (χ0) is 27.8. The van der Waals surface area contributed by atoms with E-state index >= 15 is 0 Å². The zero-order valence-corrected chi connectivity index (χ0v) is 20.4. The van der Waals surface area contributed by atoms with E-state index < -0.39 is 69.4 Å². The summed E-state index contributed by atoms with van der Waals surface area (Å²) < 4.78 is 27.6. The van der Waals surface area contributed by atoms with Gasteiger partial charge in [0.2, 0.25) is 5.78 Å². The smallest absolute Gasteiger partial charge is 0.255 e. The van der Waals surface area contributed by atoms with E-state index in [1.165, 1.54) is 6.07 Å². The van der Waals surface area contributed by atoms with Crippen molar-refractivity contribution >= 4 is 23.2 Å². The number of benzene rings is 2. The number of phenolic OH excluding ortho intramolecular Hbond substituents is 1. The highest BCUT2D eigenvalue weighted by Crippen LogP contribution is 2.53. The Kier molecular flexibility index (Phi) is 5.60. The van der Waals surface area contributed by atoms with Crippen LogP contribution in [0.5, 0.6) is 5.75 Å². The lowest BCUT2D eigenvalue weighted by atomic mass is 9.60. The van der Waals surface area contributed by atoms with Crippen LogP contribution in [0.4, 0.5) is 14.5 Å². The molecule has 0 unspecified atom stereocenters. The van der Waals surface area contributed by atoms with Gasteiger partial charge in [-0.15, -0.1) is 0 Å². The van der Waals surface area contributed by atoms with Crippen molar-refractivity contribution in [2.24, 2.45) is 17.6 Å². The molecule has 38 heavy (non-hydrogen) atoms. The summed E-state index contributed by atoms with van der Waals surface area (Å²) in [6.07, 6.45) is -0.203. The van der Waals surface area contributed by atoms with Crippen LogP contribution in [-0.2, 0) is 16.0 Å². The molecule has 5 rings (SSSR count). The fourth-order valence-electron chi connectivity index (χ4n) is 5.95. The van der Waals surface area contributed by atoms with Crippen molar-refractivity contribution < 1.29 is 43.6 Å². The number of halogens is 2. The summed E-state index contributed by atoms with van der Waals surface area (Å²) in [6.45, 7) is 0. The molecule has 0 saturated heterocycles. The van der Waals surface area contributed by atoms with Gasteiger partial charge >= 0.3 is 0 Å². The molecular formula is C27H24F2N2O7. The van der Waals surface area contributed by atoms with E-state index in [4.69, 9.17) is 5.73 Å². The topological polar surface area (TPSA) is 161 Å². The van der Waals surface area contributed by atoms with Gasteiger partial charge in [0.1, 0.15) is 22.8 Å². The minimum absolute atomic E-state index is 0.00146. The number of nitrogens with zero attached hydrogens (tertiary/aromatic N) is 1. The van der Waals surface area contributed by atoms with Crippen molar-refractivity contribution in [3.05, 3.63) is 69.7 Å². The number of fused-ring (bicyclic) bond motifs is 3. The highest BCUT2D eigenvalue weighted by molar-refractivity contribution is 6.24. The van der Waals surface area contributed by atoms with Crippen molar-refractivity contribution in [2.75, 3.05) is 19.0 Å². The monoisotopic (exact) mass is 526 g/mol. The predicted octanol–water partition coefficient (Wildman–Crippen LogP) is 2.59. The number of aromatic hydroxyl groups is 1. The third-order valence-electron chi connectivity index (χ3n) is 7.75. The molecule has 0 radical (unpaired) electrons. The predicted molar refractivity (Wildman–Crippen MR) is 130 cm³/mol. The average molecular weight is 526 g/mol. The van der Waals surface area contributed by atoms with Gasteiger partial charge in [-0.3, -0.25) is 14.4 Å². The van der Waals surface area contributed by atoms with Crippen LogP contribution >= 0.6 is 0 Å². The van der Waals surface area contributed by atoms with E-state index in [0.29, 0.717) is 11.3 Å². The lowest BCUT2D eigenvalue weighted by Gasteiger charge is -2.46. The van der Waals surface area contributed by atoms with Gasteiger partial charge in [-0.05, 0) is 48.1 Å². The quantitative estimate of drug-likeness (QED) is 0.381. The van der Waals surface area contributed by atoms with Crippen LogP contribution in [0.2, 0.25) is 0 Å². The first-order valence-corrected chi connectivity index (χ1v) is 11.8. The van der Waals surface area contributed by atoms with Crippen molar-refractivity contribution in [2.45, 2.75) is 24.9 Å². The number of aliphatic hydroxyl groups is 3. The first kappa shape index (κ1) is 25.4. The van der Waals surface area contributed by atoms with Crippen LogP contribution in [0.25, 0.3) is 11.1 Å². The second-order valence-corrected chi connectivity index (χ2v) is 10.1. The molecule has 2 aromatic carbocycles. The molecule has 0 spiro atoms. The van der Waals surface area contributed by atoms with Gasteiger partial charge in [0.05, 0.1) is 5.56 Å². The SMILES string of the molecule is CN(C)c1cc(-c2ccc(F)c(F)c2)c(O)c2c1C[C@H]1C[C@H]3CC(O)=C(C(N)=O)C(=O)[C@@]3(O)C(O)=C1C2=O. The second kappa shape index (κ2) is 8.38. The normalized spacial score (nSPS) is 24.7. The van der Waals surface area contributed by atoms with Gasteiger partial charge in [-0.2, -0.15) is 0 Å². The zero-order valence-electron chi connectivity index (χ0n) is 20.4. The maximum absolute atomic E-state index is 14.0. The van der Waals surface area contributed by atoms with E-state index in [0.717, 1.165) is 12.1 Å². The lowest BCUT2D eigenvalue weighted by Crippen LogP contribution is -2.57. The molecule has 6 N–H and O–H groups in total. The van der Waals surface area contributed by atoms with Crippen molar-refractivity contribution in [1.82, 2.24) is 0 Å². The third kappa shape index (κ3) is 3.34. The van der Waals surface area contributed by atoms with Crippen LogP contribution in [-0.4, -0.2) is 57.6 Å². The molecule has 3 aliphatic carbocycles. The number of rotatable bonds is 3. The standard InChI is InChI=1S/C27H24F2N2O7/c1-31(2)17-9-13(10-3-4-15(28)16(29)7-10)22(33)20-14(17)6-11-5-12-8-18(32)21(26(30)37)25(36)27(12,38)24(35)19(11)23(20)34/h3-4,7,9,11-12,32-33,35,38H,5-6,8H2,1-2H3,(H2,30,37)/t11-,12+,27+/m1/s1. The minimum Gasteiger partial charge on any atom is -0.511 e. The molecule has 0 fully saturated rings. The van der Waals surface area contributed by atoms with Gasteiger partial charge in [0, 0.05) is 43.3 Å². The maximum Gasteiger partial charge on any atom is 0.255 e. The number of amides is 1. The summed E-state index contributed by atoms with van der Waals surface area (Å²) >= 11 is 0. The number of hydrogen-bond donors (Lipinski definition) is 5. The fourth-order valence-corrected chi connectivity index (χ4v) is 5.95. The van der Waals surface area contributed by atoms with E-state index in [1.807, 2.05) is 0 Å². The first-order valence-electron chi connectivity index (χ1n) is 11.8. The highest BCUT2D eigenvalue weighted by atomic mass is 19.2. The van der Waals surface area contributed by atoms with E-state index in [1.54, 1.807) is 25.1 Å². The largest absolute Gasteiger partial charge is 0.511 e. The Morgan fingerprint density at radius 1 is 1.08 bits per heavy atom. The summed E-state index contributed by atoms with van der Waals surface area (Å²) in [4.78, 5) is 40.4. The molecule has 1 amide bonds. The van der Waals surface area contributed by atoms with E-state index in [-0.39, 0.29) is 41.5 Å². The average Bonchev–Trinajstić information content (AvgIpc) is 2.83. The fraction of sp³-hybridized carbons (Fsp3) is 0.296. The molecule has 2 aromatic rings. The number of allylic oxidation sites excluding steroid dienone is 2. The van der Waals surface area contributed by atoms with Gasteiger partial charge in [0.15, 0.2) is 23.0 Å². The van der Waals surface area contributed by atoms with Crippen molar-refractivity contribution in [3.8, 4) is 16.9 Å². The number of phenols is 1. The number of Topliss-reactive ketones (excluding diaryl/α,β-unsaturated/α-hetero) is 2. The number of ketones is 2. The van der Waals surface area contributed by atoms with E-state index in [2.05, 4.69) is 0 Å². The first-order chi connectivity index (χ1) is 17.8. The van der Waals surface area contributed by atoms with Crippen LogP contribution < -0.4 is 10.6 Å². The molecule has 0 bridgehead atoms. The molecule has 0 heterocycles. The van der Waals surface area contributed by atoms with Crippen LogP contribution in [0.1, 0.15) is 28.8 Å². The molecule has 0 aliphatic heterocycles. The number of anilines is 1. The van der Waals surface area contributed by atoms with Crippen LogP contribution in [0.3, 0.4) is 0 Å². The maximum atomic E-state index is 14.0. The minimum atomic E-state index is -2.67. The Labute approximate surface area is 215 Å². The second-order valence-electron chi connectivity index (χ2n) is 10.1. The number of primary amides is 1. The number of nitrogens with two attached hydrogens (primary N) is 1. The third-order valence-corrected chi connectivity index (χ3v) is 7.75. The summed E-state index contributed by atoms with van der Waals surface area (Å²) in [5, 5.41) is 44.0. The van der Waals surface area contributed by atoms with Crippen LogP contribution in [0, 0.1) is 23.5 Å². The summed E-state index contributed by atoms with van der Waals surface area (Å²) in [5.74, 6) is -9.55. The van der Waals surface area contributed by atoms with Crippen LogP contribution in [0.15, 0.2) is 46.9 Å². The Morgan fingerprint density at radius 2 is 1.76 bits per heavy atom. The van der Waals surface area contributed by atoms with Gasteiger partial charge < -0.3 is 31.1 Å². The number of hydrogen-bond acceptors (Lipinski definition) is 8. The lowest BCUT2D eigenvalue weighted by molar-refractivity contribution is -0.144. The molecule has 0 aromatic heterocycles.